The molecular formula is C34H49N. The highest BCUT2D eigenvalue weighted by Crippen LogP contribution is 2.53. The quantitative estimate of drug-likeness (QED) is 0.352. The van der Waals surface area contributed by atoms with E-state index in [9.17, 15) is 0 Å². The van der Waals surface area contributed by atoms with Crippen LogP contribution in [0.4, 0.5) is 0 Å². The Hall–Kier alpha value is -2.02. The Morgan fingerprint density at radius 1 is 1.00 bits per heavy atom. The first-order valence-corrected chi connectivity index (χ1v) is 14.5. The van der Waals surface area contributed by atoms with Crippen molar-refractivity contribution in [1.82, 2.24) is 4.90 Å². The summed E-state index contributed by atoms with van der Waals surface area (Å²) in [6.45, 7) is 16.2. The van der Waals surface area contributed by atoms with Crippen molar-refractivity contribution in [2.75, 3.05) is 13.1 Å². The largest absolute Gasteiger partial charge is 0.371 e. The van der Waals surface area contributed by atoms with Crippen LogP contribution in [0.15, 0.2) is 55.1 Å². The average Bonchev–Trinajstić information content (AvgIpc) is 2.88. The van der Waals surface area contributed by atoms with Crippen LogP contribution in [0.1, 0.15) is 107 Å². The molecule has 2 aromatic rings. The second-order valence-corrected chi connectivity index (χ2v) is 12.1. The Morgan fingerprint density at radius 2 is 1.74 bits per heavy atom. The fraction of sp³-hybridized carbons (Fsp3) is 0.588. The lowest BCUT2D eigenvalue weighted by Crippen LogP contribution is -2.43. The van der Waals surface area contributed by atoms with Crippen molar-refractivity contribution in [1.29, 1.82) is 0 Å². The minimum Gasteiger partial charge on any atom is -0.371 e. The van der Waals surface area contributed by atoms with Gasteiger partial charge < -0.3 is 4.90 Å². The molecular weight excluding hydrogens is 422 g/mol. The molecule has 2 atom stereocenters. The summed E-state index contributed by atoms with van der Waals surface area (Å²) in [6.07, 6.45) is 13.1. The molecule has 1 saturated heterocycles. The van der Waals surface area contributed by atoms with Gasteiger partial charge in [0, 0.05) is 18.8 Å². The predicted octanol–water partition coefficient (Wildman–Crippen LogP) is 9.27. The minimum atomic E-state index is 0.519. The molecule has 0 bridgehead atoms. The van der Waals surface area contributed by atoms with Crippen LogP contribution < -0.4 is 0 Å². The van der Waals surface area contributed by atoms with E-state index in [1.54, 1.807) is 5.56 Å². The summed E-state index contributed by atoms with van der Waals surface area (Å²) in [5, 5.41) is 0. The van der Waals surface area contributed by atoms with Gasteiger partial charge in [0.05, 0.1) is 0 Å². The highest BCUT2D eigenvalue weighted by atomic mass is 15.1. The van der Waals surface area contributed by atoms with Crippen LogP contribution in [-0.2, 0) is 12.8 Å². The van der Waals surface area contributed by atoms with Crippen molar-refractivity contribution in [3.63, 3.8) is 0 Å². The van der Waals surface area contributed by atoms with Crippen LogP contribution >= 0.6 is 0 Å². The fourth-order valence-electron chi connectivity index (χ4n) is 7.06. The highest BCUT2D eigenvalue weighted by Gasteiger charge is 2.42. The van der Waals surface area contributed by atoms with E-state index in [2.05, 4.69) is 87.7 Å². The van der Waals surface area contributed by atoms with Crippen molar-refractivity contribution in [3.05, 3.63) is 77.4 Å². The second-order valence-electron chi connectivity index (χ2n) is 12.1. The molecule has 2 aliphatic rings. The van der Waals surface area contributed by atoms with E-state index in [1.165, 1.54) is 80.2 Å². The van der Waals surface area contributed by atoms with Gasteiger partial charge in [-0.25, -0.2) is 0 Å². The number of rotatable bonds is 9. The molecule has 1 aliphatic carbocycles. The lowest BCUT2D eigenvalue weighted by atomic mass is 9.59. The molecule has 190 valence electrons. The van der Waals surface area contributed by atoms with E-state index >= 15 is 0 Å². The Kier molecular flexibility index (Phi) is 8.79. The Morgan fingerprint density at radius 3 is 2.40 bits per heavy atom. The maximum Gasteiger partial charge on any atom is 0.0366 e. The number of hydrogen-bond acceptors (Lipinski definition) is 1. The third-order valence-corrected chi connectivity index (χ3v) is 9.10. The first-order valence-electron chi connectivity index (χ1n) is 14.5. The van der Waals surface area contributed by atoms with Gasteiger partial charge in [0.15, 0.2) is 0 Å². The lowest BCUT2D eigenvalue weighted by Gasteiger charge is -2.50. The number of likely N-dealkylation sites (tertiary alicyclic amines) is 1. The van der Waals surface area contributed by atoms with Crippen molar-refractivity contribution in [3.8, 4) is 0 Å². The molecule has 4 rings (SSSR count). The van der Waals surface area contributed by atoms with E-state index < -0.39 is 0 Å². The zero-order chi connectivity index (χ0) is 24.8. The summed E-state index contributed by atoms with van der Waals surface area (Å²) in [5.74, 6) is 2.38. The van der Waals surface area contributed by atoms with Gasteiger partial charge in [0.25, 0.3) is 0 Å². The first-order chi connectivity index (χ1) is 16.9. The van der Waals surface area contributed by atoms with Crippen LogP contribution in [-0.4, -0.2) is 18.0 Å². The highest BCUT2D eigenvalue weighted by molar-refractivity contribution is 5.63. The molecule has 2 unspecified atom stereocenters. The molecule has 2 fully saturated rings. The Labute approximate surface area is 216 Å². The minimum absolute atomic E-state index is 0.519. The smallest absolute Gasteiger partial charge is 0.0366 e. The van der Waals surface area contributed by atoms with Gasteiger partial charge in [-0.1, -0.05) is 89.6 Å². The molecule has 35 heavy (non-hydrogen) atoms. The molecule has 1 saturated carbocycles. The SMILES string of the molecule is C=C(c1ccc(CCC(C)C)c(CC)c1)N1CCC2(CC1)CC(CCC)CC(c1ccccc1)C2. The van der Waals surface area contributed by atoms with Crippen LogP contribution in [0, 0.1) is 17.3 Å². The second kappa shape index (κ2) is 11.8. The molecule has 1 aliphatic heterocycles. The molecule has 0 aromatic heterocycles. The Bertz CT molecular complexity index is 948. The lowest BCUT2D eigenvalue weighted by molar-refractivity contribution is 0.0510. The van der Waals surface area contributed by atoms with E-state index in [1.807, 2.05) is 0 Å². The van der Waals surface area contributed by atoms with Crippen molar-refractivity contribution in [2.24, 2.45) is 17.3 Å². The van der Waals surface area contributed by atoms with E-state index in [4.69, 9.17) is 0 Å². The molecule has 0 amide bonds. The van der Waals surface area contributed by atoms with Crippen LogP contribution in [0.5, 0.6) is 0 Å². The number of benzene rings is 2. The third kappa shape index (κ3) is 6.41. The molecule has 2 aromatic carbocycles. The van der Waals surface area contributed by atoms with E-state index in [-0.39, 0.29) is 0 Å². The summed E-state index contributed by atoms with van der Waals surface area (Å²) < 4.78 is 0. The topological polar surface area (TPSA) is 3.24 Å². The van der Waals surface area contributed by atoms with Gasteiger partial charge in [-0.05, 0) is 103 Å². The van der Waals surface area contributed by atoms with Gasteiger partial charge >= 0.3 is 0 Å². The maximum absolute atomic E-state index is 4.59. The number of piperidine rings is 1. The van der Waals surface area contributed by atoms with Gasteiger partial charge in [-0.3, -0.25) is 0 Å². The summed E-state index contributed by atoms with van der Waals surface area (Å²) >= 11 is 0. The summed E-state index contributed by atoms with van der Waals surface area (Å²) in [6, 6.07) is 18.5. The molecule has 1 nitrogen and oxygen atoms in total. The number of aryl methyl sites for hydroxylation is 2. The van der Waals surface area contributed by atoms with E-state index in [0.29, 0.717) is 5.41 Å². The first kappa shape index (κ1) is 26.1. The molecule has 0 radical (unpaired) electrons. The fourth-order valence-corrected chi connectivity index (χ4v) is 7.06. The van der Waals surface area contributed by atoms with Crippen LogP contribution in [0.3, 0.4) is 0 Å². The Balaban J connectivity index is 1.43. The van der Waals surface area contributed by atoms with Crippen molar-refractivity contribution >= 4 is 5.70 Å². The maximum atomic E-state index is 4.59. The monoisotopic (exact) mass is 471 g/mol. The average molecular weight is 472 g/mol. The summed E-state index contributed by atoms with van der Waals surface area (Å²) in [7, 11) is 0. The van der Waals surface area contributed by atoms with E-state index in [0.717, 1.165) is 37.3 Å². The van der Waals surface area contributed by atoms with Crippen molar-refractivity contribution < 1.29 is 0 Å². The molecule has 1 heteroatoms. The summed E-state index contributed by atoms with van der Waals surface area (Å²) in [5.41, 5.74) is 7.71. The number of nitrogens with zero attached hydrogens (tertiary/aromatic N) is 1. The summed E-state index contributed by atoms with van der Waals surface area (Å²) in [4.78, 5) is 2.59. The van der Waals surface area contributed by atoms with Gasteiger partial charge in [0.2, 0.25) is 0 Å². The number of hydrogen-bond donors (Lipinski definition) is 0. The third-order valence-electron chi connectivity index (χ3n) is 9.10. The van der Waals surface area contributed by atoms with Gasteiger partial charge in [-0.15, -0.1) is 0 Å². The predicted molar refractivity (Wildman–Crippen MR) is 153 cm³/mol. The van der Waals surface area contributed by atoms with Crippen LogP contribution in [0.25, 0.3) is 5.70 Å². The zero-order valence-electron chi connectivity index (χ0n) is 23.0. The zero-order valence-corrected chi connectivity index (χ0v) is 23.0. The normalized spacial score (nSPS) is 22.0. The molecule has 1 spiro atoms. The van der Waals surface area contributed by atoms with Crippen LogP contribution in [0.2, 0.25) is 0 Å². The molecule has 1 heterocycles. The van der Waals surface area contributed by atoms with Gasteiger partial charge in [0.1, 0.15) is 0 Å². The standard InChI is InChI=1S/C34H49N/c1-6-11-28-22-33(30-12-9-8-10-13-30)25-34(24-28)18-20-35(21-19-34)27(5)32-17-16-31(15-14-26(3)4)29(7-2)23-32/h8-10,12-13,16-17,23,26,28,33H,5-7,11,14-15,18-22,24-25H2,1-4H3. The van der Waals surface area contributed by atoms with Gasteiger partial charge in [-0.2, -0.15) is 0 Å². The molecule has 0 N–H and O–H groups in total. The van der Waals surface area contributed by atoms with Crippen molar-refractivity contribution in [2.45, 2.75) is 97.8 Å².